The predicted octanol–water partition coefficient (Wildman–Crippen LogP) is 18.5. The van der Waals surface area contributed by atoms with Gasteiger partial charge in [-0.05, 0) is 109 Å². The molecule has 12 heteroatoms. The lowest BCUT2D eigenvalue weighted by Crippen LogP contribution is -2.30. The highest BCUT2D eigenvalue weighted by Gasteiger charge is 2.28. The van der Waals surface area contributed by atoms with E-state index < -0.39 is 57.8 Å². The van der Waals surface area contributed by atoms with Crippen LogP contribution in [0.5, 0.6) is 0 Å². The molecule has 0 aliphatic heterocycles. The van der Waals surface area contributed by atoms with Gasteiger partial charge in [-0.1, -0.05) is 222 Å². The average Bonchev–Trinajstić information content (AvgIpc) is 3.41. The van der Waals surface area contributed by atoms with Crippen molar-refractivity contribution >= 4 is 25.7 Å². The van der Waals surface area contributed by atoms with Crippen molar-refractivity contribution in [3.05, 3.63) is 72.9 Å². The molecular formula is C64H113O11P. The molecule has 440 valence electrons. The smallest absolute Gasteiger partial charge is 0.462 e. The summed E-state index contributed by atoms with van der Waals surface area (Å²) in [6, 6.07) is 0. The van der Waals surface area contributed by atoms with Crippen LogP contribution in [0.25, 0.3) is 0 Å². The number of allylic oxidation sites excluding steroid dienone is 12. The zero-order valence-electron chi connectivity index (χ0n) is 48.7. The third-order valence-electron chi connectivity index (χ3n) is 13.1. The van der Waals surface area contributed by atoms with Gasteiger partial charge < -0.3 is 24.2 Å². The molecule has 0 fully saturated rings. The Hall–Kier alpha value is -3.08. The number of phosphoric acid groups is 1. The van der Waals surface area contributed by atoms with E-state index in [4.69, 9.17) is 23.3 Å². The number of phosphoric ester groups is 1. The summed E-state index contributed by atoms with van der Waals surface area (Å²) in [7, 11) is -4.76. The van der Waals surface area contributed by atoms with Gasteiger partial charge in [-0.15, -0.1) is 0 Å². The molecule has 0 spiro atoms. The topological polar surface area (TPSA) is 155 Å². The zero-order chi connectivity index (χ0) is 55.5. The van der Waals surface area contributed by atoms with Crippen molar-refractivity contribution in [3.8, 4) is 0 Å². The van der Waals surface area contributed by atoms with Crippen molar-refractivity contribution in [1.82, 2.24) is 0 Å². The first-order valence-corrected chi connectivity index (χ1v) is 32.3. The summed E-state index contributed by atoms with van der Waals surface area (Å²) in [6.45, 7) is 4.49. The Balaban J connectivity index is 4.72. The highest BCUT2D eigenvalue weighted by Crippen LogP contribution is 2.43. The monoisotopic (exact) mass is 1090 g/mol. The van der Waals surface area contributed by atoms with Gasteiger partial charge in [-0.25, -0.2) is 4.57 Å². The molecule has 0 bridgehead atoms. The molecule has 0 aromatic rings. The Morgan fingerprint density at radius 1 is 0.382 bits per heavy atom. The Labute approximate surface area is 465 Å². The van der Waals surface area contributed by atoms with E-state index in [1.54, 1.807) is 0 Å². The summed E-state index contributed by atoms with van der Waals surface area (Å²) in [5, 5.41) is 9.83. The van der Waals surface area contributed by atoms with Gasteiger partial charge in [0.25, 0.3) is 0 Å². The Morgan fingerprint density at radius 2 is 0.684 bits per heavy atom. The second-order valence-electron chi connectivity index (χ2n) is 20.5. The Bertz CT molecular complexity index is 1550. The first-order valence-electron chi connectivity index (χ1n) is 30.8. The summed E-state index contributed by atoms with van der Waals surface area (Å²) in [4.78, 5) is 48.6. The summed E-state index contributed by atoms with van der Waals surface area (Å²) < 4.78 is 39.6. The van der Waals surface area contributed by atoms with Gasteiger partial charge in [-0.2, -0.15) is 0 Å². The van der Waals surface area contributed by atoms with Crippen LogP contribution in [0, 0.1) is 0 Å². The van der Waals surface area contributed by atoms with E-state index in [1.165, 1.54) is 103 Å². The lowest BCUT2D eigenvalue weighted by atomic mass is 10.1. The van der Waals surface area contributed by atoms with Crippen molar-refractivity contribution in [2.45, 2.75) is 290 Å². The number of ether oxygens (including phenoxy) is 3. The Kier molecular flexibility index (Phi) is 55.7. The van der Waals surface area contributed by atoms with Crippen molar-refractivity contribution in [2.24, 2.45) is 0 Å². The molecule has 0 radical (unpaired) electrons. The number of unbranched alkanes of at least 4 members (excludes halogenated alkanes) is 28. The highest BCUT2D eigenvalue weighted by molar-refractivity contribution is 7.47. The molecule has 0 rings (SSSR count). The van der Waals surface area contributed by atoms with Crippen LogP contribution in [-0.2, 0) is 42.2 Å². The SMILES string of the molecule is CC/C=C\C/C=C\C/C=C\CCCCCCCC(=O)OC(COC(=O)CCCCCCCCCCC/C=C\CCCCCCCC)COP(=O)(O)OCC(CO)OC(=O)CCCCCCC/C=C\C/C=C\CCCCC. The fourth-order valence-corrected chi connectivity index (χ4v) is 9.18. The van der Waals surface area contributed by atoms with Gasteiger partial charge in [0.1, 0.15) is 12.7 Å². The lowest BCUT2D eigenvalue weighted by molar-refractivity contribution is -0.161. The van der Waals surface area contributed by atoms with Crippen molar-refractivity contribution in [2.75, 3.05) is 26.4 Å². The van der Waals surface area contributed by atoms with E-state index >= 15 is 0 Å². The fraction of sp³-hybridized carbons (Fsp3) is 0.766. The average molecular weight is 1090 g/mol. The molecule has 3 atom stereocenters. The van der Waals surface area contributed by atoms with Crippen LogP contribution in [0.15, 0.2) is 72.9 Å². The van der Waals surface area contributed by atoms with Crippen molar-refractivity contribution in [3.63, 3.8) is 0 Å². The van der Waals surface area contributed by atoms with Crippen LogP contribution in [0.1, 0.15) is 278 Å². The molecule has 0 aliphatic rings. The van der Waals surface area contributed by atoms with Gasteiger partial charge in [0.2, 0.25) is 0 Å². The fourth-order valence-electron chi connectivity index (χ4n) is 8.40. The highest BCUT2D eigenvalue weighted by atomic mass is 31.2. The molecule has 0 aromatic carbocycles. The Morgan fingerprint density at radius 3 is 1.09 bits per heavy atom. The summed E-state index contributed by atoms with van der Waals surface area (Å²) in [5.41, 5.74) is 0. The molecule has 0 saturated carbocycles. The summed E-state index contributed by atoms with van der Waals surface area (Å²) in [6.07, 6.45) is 65.7. The van der Waals surface area contributed by atoms with Crippen molar-refractivity contribution < 1.29 is 52.2 Å². The van der Waals surface area contributed by atoms with Crippen LogP contribution in [0.3, 0.4) is 0 Å². The van der Waals surface area contributed by atoms with E-state index in [-0.39, 0.29) is 25.9 Å². The molecule has 2 N–H and O–H groups in total. The quantitative estimate of drug-likeness (QED) is 0.0197. The zero-order valence-corrected chi connectivity index (χ0v) is 49.6. The molecule has 0 amide bonds. The van der Waals surface area contributed by atoms with Crippen LogP contribution >= 0.6 is 7.82 Å². The maximum Gasteiger partial charge on any atom is 0.472 e. The molecule has 0 saturated heterocycles. The van der Waals surface area contributed by atoms with Gasteiger partial charge in [0, 0.05) is 19.3 Å². The van der Waals surface area contributed by atoms with E-state index in [9.17, 15) is 28.9 Å². The second kappa shape index (κ2) is 58.1. The molecule has 0 heterocycles. The molecule has 0 aromatic heterocycles. The number of carbonyl (C=O) groups excluding carboxylic acids is 3. The van der Waals surface area contributed by atoms with Gasteiger partial charge in [-0.3, -0.25) is 23.4 Å². The van der Waals surface area contributed by atoms with Crippen LogP contribution in [-0.4, -0.2) is 66.5 Å². The minimum Gasteiger partial charge on any atom is -0.462 e. The molecule has 76 heavy (non-hydrogen) atoms. The van der Waals surface area contributed by atoms with Gasteiger partial charge in [0.15, 0.2) is 6.10 Å². The molecule has 0 aliphatic carbocycles. The van der Waals surface area contributed by atoms with Crippen LogP contribution < -0.4 is 0 Å². The van der Waals surface area contributed by atoms with E-state index in [0.29, 0.717) is 19.3 Å². The minimum atomic E-state index is -4.76. The number of rotatable bonds is 57. The number of aliphatic hydroxyl groups is 1. The second-order valence-corrected chi connectivity index (χ2v) is 21.9. The third-order valence-corrected chi connectivity index (χ3v) is 14.0. The summed E-state index contributed by atoms with van der Waals surface area (Å²) in [5.74, 6) is -1.49. The van der Waals surface area contributed by atoms with Crippen molar-refractivity contribution in [1.29, 1.82) is 0 Å². The van der Waals surface area contributed by atoms with Crippen LogP contribution in [0.2, 0.25) is 0 Å². The summed E-state index contributed by atoms with van der Waals surface area (Å²) >= 11 is 0. The third kappa shape index (κ3) is 55.7. The number of esters is 3. The number of hydrogen-bond acceptors (Lipinski definition) is 10. The number of hydrogen-bond donors (Lipinski definition) is 2. The van der Waals surface area contributed by atoms with E-state index in [0.717, 1.165) is 116 Å². The molecular weight excluding hydrogens is 976 g/mol. The normalized spacial score (nSPS) is 13.8. The van der Waals surface area contributed by atoms with E-state index in [2.05, 4.69) is 93.7 Å². The minimum absolute atomic E-state index is 0.146. The van der Waals surface area contributed by atoms with Crippen LogP contribution in [0.4, 0.5) is 0 Å². The lowest BCUT2D eigenvalue weighted by Gasteiger charge is -2.21. The standard InChI is InChI=1S/C64H113O11P/c1-4-7-10-13-16-19-22-25-28-29-30-31-34-35-38-41-44-47-50-53-62(66)71-57-61(75-64(68)55-52-49-46-43-40-37-33-27-24-21-18-15-12-9-6-3)59-73-76(69,70)72-58-60(56-65)74-63(67)54-51-48-45-42-39-36-32-26-23-20-17-14-11-8-5-2/h9,12,17-18,20-21,25-28,32-33,60-61,65H,4-8,10-11,13-16,19,22-24,29-31,34-59H2,1-3H3,(H,69,70)/b12-9-,20-17-,21-18-,28-25-,32-26-,33-27-. The number of carbonyl (C=O) groups is 3. The maximum absolute atomic E-state index is 12.9. The number of aliphatic hydroxyl groups excluding tert-OH is 1. The maximum atomic E-state index is 12.9. The van der Waals surface area contributed by atoms with Gasteiger partial charge >= 0.3 is 25.7 Å². The van der Waals surface area contributed by atoms with E-state index in [1.807, 2.05) is 0 Å². The molecule has 11 nitrogen and oxygen atoms in total. The predicted molar refractivity (Wildman–Crippen MR) is 316 cm³/mol. The first kappa shape index (κ1) is 72.9. The molecule has 3 unspecified atom stereocenters. The van der Waals surface area contributed by atoms with Gasteiger partial charge in [0.05, 0.1) is 19.8 Å². The largest absolute Gasteiger partial charge is 0.472 e. The first-order chi connectivity index (χ1) is 37.2.